The molecule has 0 spiro atoms. The van der Waals surface area contributed by atoms with Gasteiger partial charge >= 0.3 is 12.2 Å². The molecule has 0 aliphatic carbocycles. The van der Waals surface area contributed by atoms with E-state index in [-0.39, 0.29) is 37.4 Å². The number of aromatic nitrogens is 4. The van der Waals surface area contributed by atoms with Crippen LogP contribution in [-0.2, 0) is 38.8 Å². The van der Waals surface area contributed by atoms with Crippen molar-refractivity contribution in [2.75, 3.05) is 27.3 Å². The standard InChI is InChI=1S/C51H52N8O7/c1-9-31(6)25-58(48(60)45(30(4)5)56-50(62)64-7)28-44-53-40-20-18-34-22-39-37-19-17-35(21-36(37)29-66-42(39)23-38(34)47(40)55-44)41-24-52-43(54-41)27-59(26-32(10-2)11-3)49(61)46(57-51(63)65-8)33-15-13-12-14-16-33/h2-3,9,12-24,30-32,45-46H,1,25-29H2,4-8H3,(H,52,54)(H,53,55)(H,56,62)(H,57,63)/t31-,45+,46?/m1/s1. The van der Waals surface area contributed by atoms with Gasteiger partial charge in [-0.05, 0) is 63.7 Å². The van der Waals surface area contributed by atoms with Crippen molar-refractivity contribution >= 4 is 45.8 Å². The molecule has 0 saturated heterocycles. The highest BCUT2D eigenvalue weighted by atomic mass is 16.5. The van der Waals surface area contributed by atoms with Gasteiger partial charge < -0.3 is 44.6 Å². The first-order valence-electron chi connectivity index (χ1n) is 21.5. The minimum absolute atomic E-state index is 0.0109. The average molecular weight is 889 g/mol. The Kier molecular flexibility index (Phi) is 14.1. The number of rotatable bonds is 16. The summed E-state index contributed by atoms with van der Waals surface area (Å²) in [6, 6.07) is 21.2. The Hall–Kier alpha value is -8.04. The van der Waals surface area contributed by atoms with E-state index in [1.165, 1.54) is 19.1 Å². The molecule has 338 valence electrons. The highest BCUT2D eigenvalue weighted by Gasteiger charge is 2.32. The van der Waals surface area contributed by atoms with Gasteiger partial charge in [0.05, 0.1) is 56.2 Å². The van der Waals surface area contributed by atoms with Crippen LogP contribution < -0.4 is 15.4 Å². The molecule has 2 aromatic heterocycles. The first kappa shape index (κ1) is 46.0. The van der Waals surface area contributed by atoms with Crippen LogP contribution in [0.4, 0.5) is 9.59 Å². The number of terminal acetylenes is 2. The molecule has 15 nitrogen and oxygen atoms in total. The van der Waals surface area contributed by atoms with Crippen LogP contribution in [0.25, 0.3) is 44.2 Å². The molecule has 1 unspecified atom stereocenters. The van der Waals surface area contributed by atoms with Gasteiger partial charge in [0.2, 0.25) is 11.8 Å². The van der Waals surface area contributed by atoms with Gasteiger partial charge in [0.1, 0.15) is 36.1 Å². The fraction of sp³-hybridized carbons (Fsp3) is 0.294. The number of alkyl carbamates (subject to hydrolysis) is 2. The molecule has 15 heteroatoms. The van der Waals surface area contributed by atoms with E-state index in [0.29, 0.717) is 30.4 Å². The Labute approximate surface area is 383 Å². The Morgan fingerprint density at radius 1 is 0.864 bits per heavy atom. The number of amides is 4. The van der Waals surface area contributed by atoms with Gasteiger partial charge in [-0.1, -0.05) is 87.2 Å². The molecule has 0 fully saturated rings. The normalized spacial score (nSPS) is 13.0. The Morgan fingerprint density at radius 2 is 1.58 bits per heavy atom. The number of carbonyl (C=O) groups is 4. The number of H-pyrrole nitrogens is 2. The summed E-state index contributed by atoms with van der Waals surface area (Å²) in [5.74, 6) is 5.33. The summed E-state index contributed by atoms with van der Waals surface area (Å²) in [6.07, 6.45) is 13.5. The average Bonchev–Trinajstić information content (AvgIpc) is 3.99. The minimum atomic E-state index is -1.07. The van der Waals surface area contributed by atoms with Crippen LogP contribution in [0, 0.1) is 42.4 Å². The largest absolute Gasteiger partial charge is 0.488 e. The molecule has 4 N–H and O–H groups in total. The maximum Gasteiger partial charge on any atom is 0.407 e. The van der Waals surface area contributed by atoms with Crippen LogP contribution in [0.15, 0.2) is 91.6 Å². The number of carbonyl (C=O) groups excluding carboxylic acids is 4. The number of hydrogen-bond donors (Lipinski definition) is 4. The Morgan fingerprint density at radius 3 is 2.27 bits per heavy atom. The summed E-state index contributed by atoms with van der Waals surface area (Å²) in [4.78, 5) is 72.1. The van der Waals surface area contributed by atoms with E-state index in [1.807, 2.05) is 51.1 Å². The molecule has 4 amide bonds. The van der Waals surface area contributed by atoms with Crippen molar-refractivity contribution < 1.29 is 33.4 Å². The molecule has 7 rings (SSSR count). The monoisotopic (exact) mass is 888 g/mol. The molecule has 0 radical (unpaired) electrons. The van der Waals surface area contributed by atoms with E-state index in [1.54, 1.807) is 41.4 Å². The molecule has 66 heavy (non-hydrogen) atoms. The second kappa shape index (κ2) is 20.2. The van der Waals surface area contributed by atoms with E-state index in [0.717, 1.165) is 55.5 Å². The van der Waals surface area contributed by atoms with Crippen LogP contribution in [0.1, 0.15) is 49.6 Å². The zero-order valence-electron chi connectivity index (χ0n) is 37.5. The van der Waals surface area contributed by atoms with Crippen LogP contribution in [0.5, 0.6) is 5.75 Å². The van der Waals surface area contributed by atoms with Crippen molar-refractivity contribution in [3.8, 4) is 52.8 Å². The second-order valence-corrected chi connectivity index (χ2v) is 16.5. The number of nitrogens with one attached hydrogen (secondary N) is 4. The first-order chi connectivity index (χ1) is 31.8. The zero-order valence-corrected chi connectivity index (χ0v) is 37.5. The van der Waals surface area contributed by atoms with E-state index in [9.17, 15) is 19.2 Å². The number of ether oxygens (including phenoxy) is 3. The topological polar surface area (TPSA) is 184 Å². The third-order valence-corrected chi connectivity index (χ3v) is 11.6. The van der Waals surface area contributed by atoms with Gasteiger partial charge in [-0.3, -0.25) is 9.59 Å². The minimum Gasteiger partial charge on any atom is -0.488 e. The predicted octanol–water partition coefficient (Wildman–Crippen LogP) is 7.51. The quantitative estimate of drug-likeness (QED) is 0.0565. The molecule has 1 aliphatic rings. The molecular weight excluding hydrogens is 837 g/mol. The number of aromatic amines is 2. The molecule has 6 aromatic rings. The number of fused-ring (bicyclic) bond motifs is 6. The van der Waals surface area contributed by atoms with Crippen molar-refractivity contribution in [2.24, 2.45) is 17.8 Å². The summed E-state index contributed by atoms with van der Waals surface area (Å²) >= 11 is 0. The summed E-state index contributed by atoms with van der Waals surface area (Å²) < 4.78 is 16.0. The van der Waals surface area contributed by atoms with Crippen molar-refractivity contribution in [2.45, 2.75) is 52.6 Å². The SMILES string of the molecule is C#CC(C#C)CN(Cc1ncc(-c2ccc3c(c2)COc2cc4c(ccc5nc(CN(C[C@H](C)C=C)C(=O)[C@@H](NC(=O)OC)C(C)C)[nH]c54)cc2-3)[nH]1)C(=O)C(NC(=O)OC)c1ccccc1. The van der Waals surface area contributed by atoms with E-state index < -0.39 is 36.1 Å². The summed E-state index contributed by atoms with van der Waals surface area (Å²) in [5.41, 5.74) is 6.62. The molecular formula is C51H52N8O7. The van der Waals surface area contributed by atoms with Gasteiger partial charge in [0.15, 0.2) is 0 Å². The van der Waals surface area contributed by atoms with Gasteiger partial charge in [0.25, 0.3) is 0 Å². The fourth-order valence-corrected chi connectivity index (χ4v) is 7.99. The van der Waals surface area contributed by atoms with Gasteiger partial charge in [-0.25, -0.2) is 19.6 Å². The van der Waals surface area contributed by atoms with Crippen molar-refractivity contribution in [3.05, 3.63) is 114 Å². The lowest BCUT2D eigenvalue weighted by Gasteiger charge is -2.30. The predicted molar refractivity (Wildman–Crippen MR) is 251 cm³/mol. The van der Waals surface area contributed by atoms with E-state index >= 15 is 0 Å². The Balaban J connectivity index is 1.13. The first-order valence-corrected chi connectivity index (χ1v) is 21.5. The van der Waals surface area contributed by atoms with Crippen LogP contribution in [-0.4, -0.2) is 87.1 Å². The third kappa shape index (κ3) is 10.0. The van der Waals surface area contributed by atoms with Crippen LogP contribution in [0.3, 0.4) is 0 Å². The zero-order chi connectivity index (χ0) is 47.1. The van der Waals surface area contributed by atoms with Gasteiger partial charge in [-0.2, -0.15) is 0 Å². The van der Waals surface area contributed by atoms with Crippen LogP contribution >= 0.6 is 0 Å². The van der Waals surface area contributed by atoms with Gasteiger partial charge in [-0.15, -0.1) is 19.4 Å². The molecule has 3 atom stereocenters. The highest BCUT2D eigenvalue weighted by molar-refractivity contribution is 6.07. The lowest BCUT2D eigenvalue weighted by atomic mass is 9.92. The summed E-state index contributed by atoms with van der Waals surface area (Å²) in [5, 5.41) is 7.22. The second-order valence-electron chi connectivity index (χ2n) is 16.5. The summed E-state index contributed by atoms with van der Waals surface area (Å²) in [6.45, 7) is 10.6. The Bertz CT molecular complexity index is 2860. The molecule has 4 aromatic carbocycles. The van der Waals surface area contributed by atoms with E-state index in [2.05, 4.69) is 62.2 Å². The fourth-order valence-electron chi connectivity index (χ4n) is 7.99. The molecule has 3 heterocycles. The van der Waals surface area contributed by atoms with Crippen LogP contribution in [0.2, 0.25) is 0 Å². The van der Waals surface area contributed by atoms with Gasteiger partial charge in [0, 0.05) is 24.0 Å². The molecule has 1 aliphatic heterocycles. The van der Waals surface area contributed by atoms with Crippen molar-refractivity contribution in [3.63, 3.8) is 0 Å². The van der Waals surface area contributed by atoms with Crippen molar-refractivity contribution in [1.29, 1.82) is 0 Å². The molecule has 0 bridgehead atoms. The van der Waals surface area contributed by atoms with E-state index in [4.69, 9.17) is 32.0 Å². The smallest absolute Gasteiger partial charge is 0.407 e. The number of methoxy groups -OCH3 is 2. The molecule has 0 saturated carbocycles. The number of benzene rings is 4. The maximum absolute atomic E-state index is 14.2. The summed E-state index contributed by atoms with van der Waals surface area (Å²) in [7, 11) is 2.50. The number of imidazole rings is 2. The number of hydrogen-bond acceptors (Lipinski definition) is 9. The lowest BCUT2D eigenvalue weighted by Crippen LogP contribution is -2.51. The highest BCUT2D eigenvalue weighted by Crippen LogP contribution is 2.42. The third-order valence-electron chi connectivity index (χ3n) is 11.6. The van der Waals surface area contributed by atoms with Crippen molar-refractivity contribution in [1.82, 2.24) is 40.4 Å². The number of nitrogens with zero attached hydrogens (tertiary/aromatic N) is 4. The maximum atomic E-state index is 14.2. The lowest BCUT2D eigenvalue weighted by molar-refractivity contribution is -0.136.